The van der Waals surface area contributed by atoms with Crippen LogP contribution < -0.4 is 11.5 Å². The molecular formula is C38H64N2O. The molecular weight excluding hydrogens is 500 g/mol. The van der Waals surface area contributed by atoms with Gasteiger partial charge in [0, 0.05) is 18.0 Å². The highest BCUT2D eigenvalue weighted by Crippen LogP contribution is 2.70. The molecule has 2 unspecified atom stereocenters. The quantitative estimate of drug-likeness (QED) is 0.219. The van der Waals surface area contributed by atoms with Crippen molar-refractivity contribution in [2.45, 2.75) is 138 Å². The molecule has 1 aromatic carbocycles. The monoisotopic (exact) mass is 565 g/mol. The Morgan fingerprint density at radius 3 is 2.20 bits per heavy atom. The molecule has 3 heteroatoms. The number of benzene rings is 1. The summed E-state index contributed by atoms with van der Waals surface area (Å²) in [6.45, 7) is 18.7. The molecule has 232 valence electrons. The fourth-order valence-electron chi connectivity index (χ4n) is 11.8. The van der Waals surface area contributed by atoms with Gasteiger partial charge in [0.15, 0.2) is 0 Å². The van der Waals surface area contributed by atoms with Gasteiger partial charge in [-0.25, -0.2) is 0 Å². The van der Waals surface area contributed by atoms with E-state index in [1.54, 1.807) is 0 Å². The van der Waals surface area contributed by atoms with Gasteiger partial charge in [0.25, 0.3) is 0 Å². The average molecular weight is 565 g/mol. The molecule has 0 aromatic heterocycles. The molecule has 0 bridgehead atoms. The molecule has 4 aliphatic carbocycles. The number of anilines is 2. The van der Waals surface area contributed by atoms with Crippen LogP contribution in [0.5, 0.6) is 0 Å². The number of nitrogens with two attached hydrogens (primary N) is 2. The van der Waals surface area contributed by atoms with Gasteiger partial charge in [0.2, 0.25) is 0 Å². The molecule has 0 spiro atoms. The lowest BCUT2D eigenvalue weighted by Crippen LogP contribution is -2.59. The maximum absolute atomic E-state index is 6.72. The summed E-state index contributed by atoms with van der Waals surface area (Å²) < 4.78 is 6.72. The van der Waals surface area contributed by atoms with Gasteiger partial charge in [-0.2, -0.15) is 0 Å². The zero-order chi connectivity index (χ0) is 29.6. The molecule has 4 saturated carbocycles. The van der Waals surface area contributed by atoms with Crippen molar-refractivity contribution in [2.75, 3.05) is 18.1 Å². The number of hydrogen-bond donors (Lipinski definition) is 2. The van der Waals surface area contributed by atoms with E-state index in [4.69, 9.17) is 16.2 Å². The van der Waals surface area contributed by atoms with Crippen LogP contribution in [0.3, 0.4) is 0 Å². The second-order valence-electron chi connectivity index (χ2n) is 16.8. The first-order chi connectivity index (χ1) is 19.4. The van der Waals surface area contributed by atoms with Gasteiger partial charge >= 0.3 is 0 Å². The van der Waals surface area contributed by atoms with Gasteiger partial charge in [0.05, 0.1) is 6.10 Å². The van der Waals surface area contributed by atoms with E-state index < -0.39 is 0 Å². The Hall–Kier alpha value is -1.22. The van der Waals surface area contributed by atoms with Crippen molar-refractivity contribution in [3.8, 4) is 0 Å². The smallest absolute Gasteiger partial charge is 0.0629 e. The third-order valence-electron chi connectivity index (χ3n) is 13.9. The van der Waals surface area contributed by atoms with Crippen molar-refractivity contribution in [1.29, 1.82) is 0 Å². The lowest BCUT2D eigenvalue weighted by molar-refractivity contribution is -0.190. The molecule has 3 nitrogen and oxygen atoms in total. The molecule has 4 N–H and O–H groups in total. The molecule has 0 heterocycles. The number of nitrogen functional groups attached to an aromatic ring is 2. The van der Waals surface area contributed by atoms with E-state index in [-0.39, 0.29) is 5.41 Å². The Labute approximate surface area is 253 Å². The first-order valence-corrected chi connectivity index (χ1v) is 17.6. The third-order valence-corrected chi connectivity index (χ3v) is 13.9. The third kappa shape index (κ3) is 5.72. The van der Waals surface area contributed by atoms with Gasteiger partial charge in [0.1, 0.15) is 0 Å². The first-order valence-electron chi connectivity index (χ1n) is 17.6. The summed E-state index contributed by atoms with van der Waals surface area (Å²) in [6, 6.07) is 5.86. The molecule has 9 atom stereocenters. The fourth-order valence-corrected chi connectivity index (χ4v) is 11.8. The minimum Gasteiger partial charge on any atom is -0.398 e. The maximum Gasteiger partial charge on any atom is 0.0629 e. The van der Waals surface area contributed by atoms with E-state index >= 15 is 0 Å². The highest BCUT2D eigenvalue weighted by Gasteiger charge is 2.63. The summed E-state index contributed by atoms with van der Waals surface area (Å²) in [7, 11) is 0. The van der Waals surface area contributed by atoms with Gasteiger partial charge in [-0.15, -0.1) is 0 Å². The van der Waals surface area contributed by atoms with Gasteiger partial charge < -0.3 is 16.2 Å². The van der Waals surface area contributed by atoms with Crippen LogP contribution in [-0.4, -0.2) is 12.7 Å². The molecule has 0 aliphatic heterocycles. The molecule has 4 aliphatic rings. The van der Waals surface area contributed by atoms with Crippen molar-refractivity contribution in [3.05, 3.63) is 23.8 Å². The Morgan fingerprint density at radius 2 is 1.49 bits per heavy atom. The van der Waals surface area contributed by atoms with Crippen LogP contribution in [0.4, 0.5) is 11.4 Å². The van der Waals surface area contributed by atoms with Crippen LogP contribution in [0.2, 0.25) is 0 Å². The summed E-state index contributed by atoms with van der Waals surface area (Å²) in [5.41, 5.74) is 16.4. The van der Waals surface area contributed by atoms with E-state index in [2.05, 4.69) is 48.5 Å². The highest BCUT2D eigenvalue weighted by molar-refractivity contribution is 5.61. The minimum absolute atomic E-state index is 0.229. The van der Waals surface area contributed by atoms with E-state index in [1.807, 2.05) is 18.2 Å². The van der Waals surface area contributed by atoms with Gasteiger partial charge in [-0.3, -0.25) is 0 Å². The number of fused-ring (bicyclic) bond motifs is 5. The molecule has 4 fully saturated rings. The summed E-state index contributed by atoms with van der Waals surface area (Å²) in [4.78, 5) is 0. The van der Waals surface area contributed by atoms with Crippen molar-refractivity contribution in [2.24, 2.45) is 57.7 Å². The molecule has 0 amide bonds. The SMILES string of the molecule is CC(C)CCC[C@@H](C)[C@H]1CC[C@H]2[C@@H]3CCC4C(C)(C)C(OCCCc5c(N)cccc5N)CC[C@]4(C)[C@H]3CC[C@]12C. The predicted molar refractivity (Wildman–Crippen MR) is 176 cm³/mol. The average Bonchev–Trinajstić information content (AvgIpc) is 3.26. The number of rotatable bonds is 10. The van der Waals surface area contributed by atoms with E-state index in [1.165, 1.54) is 70.6 Å². The molecule has 0 radical (unpaired) electrons. The Balaban J connectivity index is 1.21. The van der Waals surface area contributed by atoms with E-state index in [0.29, 0.717) is 16.9 Å². The molecule has 41 heavy (non-hydrogen) atoms. The Morgan fingerprint density at radius 1 is 0.805 bits per heavy atom. The predicted octanol–water partition coefficient (Wildman–Crippen LogP) is 9.93. The lowest BCUT2D eigenvalue weighted by Gasteiger charge is -2.65. The van der Waals surface area contributed by atoms with Crippen LogP contribution in [0.25, 0.3) is 0 Å². The second-order valence-corrected chi connectivity index (χ2v) is 16.8. The maximum atomic E-state index is 6.72. The van der Waals surface area contributed by atoms with Crippen LogP contribution >= 0.6 is 0 Å². The van der Waals surface area contributed by atoms with E-state index in [9.17, 15) is 0 Å². The van der Waals surface area contributed by atoms with Crippen molar-refractivity contribution >= 4 is 11.4 Å². The van der Waals surface area contributed by atoms with Crippen molar-refractivity contribution in [1.82, 2.24) is 0 Å². The van der Waals surface area contributed by atoms with Crippen LogP contribution in [0, 0.1) is 57.7 Å². The van der Waals surface area contributed by atoms with Crippen LogP contribution in [0.1, 0.15) is 131 Å². The van der Waals surface area contributed by atoms with Crippen LogP contribution in [0.15, 0.2) is 18.2 Å². The van der Waals surface area contributed by atoms with Gasteiger partial charge in [-0.1, -0.05) is 73.8 Å². The standard InChI is InChI=1S/C38H64N2O/c1-25(2)11-8-12-26(3)29-17-18-30-27-16-19-34-36(4,5)35(21-23-38(34,7)31(27)20-22-37(29,30)6)41-24-10-13-28-32(39)14-9-15-33(28)40/h9,14-15,25-27,29-31,34-35H,8,10-13,16-24,39-40H2,1-7H3/t26-,27+,29-,30+,31+,34?,35?,37-,38-/m1/s1. The fraction of sp³-hybridized carbons (Fsp3) is 0.842. The van der Waals surface area contributed by atoms with Crippen LogP contribution in [-0.2, 0) is 11.2 Å². The number of hydrogen-bond acceptors (Lipinski definition) is 3. The minimum atomic E-state index is 0.229. The molecule has 0 saturated heterocycles. The summed E-state index contributed by atoms with van der Waals surface area (Å²) in [5, 5.41) is 0. The van der Waals surface area contributed by atoms with Crippen molar-refractivity contribution in [3.63, 3.8) is 0 Å². The topological polar surface area (TPSA) is 61.3 Å². The van der Waals surface area contributed by atoms with E-state index in [0.717, 1.165) is 77.8 Å². The van der Waals surface area contributed by atoms with Crippen molar-refractivity contribution < 1.29 is 4.74 Å². The zero-order valence-corrected chi connectivity index (χ0v) is 27.8. The normalized spacial score (nSPS) is 38.7. The Bertz CT molecular complexity index is 1010. The largest absolute Gasteiger partial charge is 0.398 e. The summed E-state index contributed by atoms with van der Waals surface area (Å²) >= 11 is 0. The zero-order valence-electron chi connectivity index (χ0n) is 27.8. The highest BCUT2D eigenvalue weighted by atomic mass is 16.5. The summed E-state index contributed by atoms with van der Waals surface area (Å²) in [6.07, 6.45) is 17.9. The summed E-state index contributed by atoms with van der Waals surface area (Å²) in [5.74, 6) is 6.30. The van der Waals surface area contributed by atoms with Gasteiger partial charge in [-0.05, 0) is 140 Å². The number of ether oxygens (including phenoxy) is 1. The molecule has 1 aromatic rings. The lowest BCUT2D eigenvalue weighted by atomic mass is 9.41. The Kier molecular flexibility index (Phi) is 9.17. The second kappa shape index (κ2) is 12.0. The molecule has 5 rings (SSSR count). The first kappa shape index (κ1) is 31.2.